The molecule has 5 rings (SSSR count). The Morgan fingerprint density at radius 2 is 2.24 bits per heavy atom. The summed E-state index contributed by atoms with van der Waals surface area (Å²) in [6.45, 7) is 4.46. The van der Waals surface area contributed by atoms with Crippen LogP contribution in [0.1, 0.15) is 37.9 Å². The molecule has 0 amide bonds. The number of aliphatic hydroxyl groups is 1. The van der Waals surface area contributed by atoms with Crippen LogP contribution in [-0.2, 0) is 0 Å². The van der Waals surface area contributed by atoms with E-state index in [-0.39, 0.29) is 6.04 Å². The van der Waals surface area contributed by atoms with Crippen LogP contribution in [0.25, 0.3) is 10.9 Å². The van der Waals surface area contributed by atoms with Gasteiger partial charge in [0.05, 0.1) is 23.8 Å². The third kappa shape index (κ3) is 2.80. The zero-order chi connectivity index (χ0) is 17.6. The van der Waals surface area contributed by atoms with Crippen molar-refractivity contribution < 1.29 is 9.84 Å². The fourth-order valence-corrected chi connectivity index (χ4v) is 5.14. The molecule has 4 nitrogen and oxygen atoms in total. The topological polar surface area (TPSA) is 45.6 Å². The van der Waals surface area contributed by atoms with Gasteiger partial charge in [-0.25, -0.2) is 0 Å². The smallest absolute Gasteiger partial charge is 0.138 e. The molecule has 0 saturated carbocycles. The van der Waals surface area contributed by atoms with Gasteiger partial charge in [0, 0.05) is 24.2 Å². The first-order valence-corrected chi connectivity index (χ1v) is 9.55. The van der Waals surface area contributed by atoms with Crippen molar-refractivity contribution in [2.45, 2.75) is 38.3 Å². The van der Waals surface area contributed by atoms with Crippen molar-refractivity contribution in [2.24, 2.45) is 11.8 Å². The molecule has 25 heavy (non-hydrogen) atoms. The molecule has 1 aromatic heterocycles. The van der Waals surface area contributed by atoms with Crippen LogP contribution in [-0.4, -0.2) is 41.2 Å². The molecule has 0 aliphatic carbocycles. The van der Waals surface area contributed by atoms with Gasteiger partial charge >= 0.3 is 0 Å². The zero-order valence-corrected chi connectivity index (χ0v) is 15.5. The highest BCUT2D eigenvalue weighted by Crippen LogP contribution is 2.44. The van der Waals surface area contributed by atoms with Gasteiger partial charge in [-0.2, -0.15) is 0 Å². The summed E-state index contributed by atoms with van der Waals surface area (Å²) >= 11 is 6.56. The van der Waals surface area contributed by atoms with E-state index in [0.717, 1.165) is 47.8 Å². The third-order valence-corrected chi connectivity index (χ3v) is 6.58. The number of piperidine rings is 3. The molecule has 0 radical (unpaired) electrons. The number of ether oxygens (including phenoxy) is 1. The second kappa shape index (κ2) is 6.75. The number of aromatic nitrogens is 1. The Balaban J connectivity index is 1.72. The van der Waals surface area contributed by atoms with Gasteiger partial charge < -0.3 is 9.84 Å². The molecule has 2 aromatic rings. The fourth-order valence-electron chi connectivity index (χ4n) is 4.79. The highest BCUT2D eigenvalue weighted by Gasteiger charge is 2.42. The molecule has 3 aliphatic rings. The van der Waals surface area contributed by atoms with Crippen LogP contribution >= 0.6 is 11.6 Å². The van der Waals surface area contributed by atoms with E-state index in [2.05, 4.69) is 16.8 Å². The standard InChI is InChI=1S/C20H25ClN2O2/c1-3-12-11-23-9-7-13(12)10-16(23)20(24)14-6-8-22-15-4-5-17(25-2)19(21)18(14)15/h4-6,8,12-13,16,20,24H,3,7,9-11H2,1-2H3/t12-,13-,16+,20-/m0/s1. The molecule has 3 aliphatic heterocycles. The molecule has 134 valence electrons. The molecule has 5 heteroatoms. The Morgan fingerprint density at radius 3 is 2.92 bits per heavy atom. The number of hydrogen-bond acceptors (Lipinski definition) is 4. The van der Waals surface area contributed by atoms with Crippen LogP contribution in [0.2, 0.25) is 5.02 Å². The number of halogens is 1. The van der Waals surface area contributed by atoms with Gasteiger partial charge in [-0.3, -0.25) is 9.88 Å². The molecule has 3 saturated heterocycles. The maximum atomic E-state index is 11.2. The molecule has 0 spiro atoms. The van der Waals surface area contributed by atoms with Crippen molar-refractivity contribution in [3.8, 4) is 5.75 Å². The number of rotatable bonds is 4. The first-order chi connectivity index (χ1) is 12.1. The number of nitrogens with zero attached hydrogens (tertiary/aromatic N) is 2. The van der Waals surface area contributed by atoms with E-state index < -0.39 is 6.10 Å². The lowest BCUT2D eigenvalue weighted by Gasteiger charge is -2.51. The maximum absolute atomic E-state index is 11.2. The molecule has 2 bridgehead atoms. The summed E-state index contributed by atoms with van der Waals surface area (Å²) in [6.07, 6.45) is 4.74. The molecule has 3 fully saturated rings. The molecule has 1 unspecified atom stereocenters. The molecule has 1 aromatic carbocycles. The normalized spacial score (nSPS) is 29.8. The van der Waals surface area contributed by atoms with E-state index in [4.69, 9.17) is 16.3 Å². The first kappa shape index (κ1) is 17.1. The Morgan fingerprint density at radius 1 is 1.40 bits per heavy atom. The number of fused-ring (bicyclic) bond motifs is 4. The summed E-state index contributed by atoms with van der Waals surface area (Å²) in [4.78, 5) is 6.89. The van der Waals surface area contributed by atoms with Crippen molar-refractivity contribution in [3.05, 3.63) is 35.0 Å². The number of hydrogen-bond donors (Lipinski definition) is 1. The summed E-state index contributed by atoms with van der Waals surface area (Å²) < 4.78 is 5.36. The van der Waals surface area contributed by atoms with Crippen molar-refractivity contribution in [3.63, 3.8) is 0 Å². The minimum Gasteiger partial charge on any atom is -0.495 e. The lowest BCUT2D eigenvalue weighted by molar-refractivity contribution is -0.0562. The Hall–Kier alpha value is -1.36. The van der Waals surface area contributed by atoms with Crippen molar-refractivity contribution in [1.29, 1.82) is 0 Å². The molecule has 4 heterocycles. The van der Waals surface area contributed by atoms with E-state index >= 15 is 0 Å². The van der Waals surface area contributed by atoms with E-state index in [0.29, 0.717) is 10.8 Å². The van der Waals surface area contributed by atoms with Crippen LogP contribution in [0, 0.1) is 11.8 Å². The average Bonchev–Trinajstić information content (AvgIpc) is 2.67. The third-order valence-electron chi connectivity index (χ3n) is 6.20. The maximum Gasteiger partial charge on any atom is 0.138 e. The SMILES string of the molecule is CC[C@H]1CN2CC[C@H]1C[C@@H]2[C@@H](O)c1ccnc2ccc(OC)c(Cl)c12. The monoisotopic (exact) mass is 360 g/mol. The minimum absolute atomic E-state index is 0.161. The molecular weight excluding hydrogens is 336 g/mol. The predicted octanol–water partition coefficient (Wildman–Crippen LogP) is 4.05. The summed E-state index contributed by atoms with van der Waals surface area (Å²) in [7, 11) is 1.61. The highest BCUT2D eigenvalue weighted by atomic mass is 35.5. The predicted molar refractivity (Wildman–Crippen MR) is 100 cm³/mol. The number of methoxy groups -OCH3 is 1. The Kier molecular flexibility index (Phi) is 4.61. The van der Waals surface area contributed by atoms with Gasteiger partial charge in [-0.15, -0.1) is 0 Å². The number of benzene rings is 1. The van der Waals surface area contributed by atoms with Gasteiger partial charge in [0.2, 0.25) is 0 Å². The highest BCUT2D eigenvalue weighted by molar-refractivity contribution is 6.37. The van der Waals surface area contributed by atoms with Gasteiger partial charge in [0.25, 0.3) is 0 Å². The summed E-state index contributed by atoms with van der Waals surface area (Å²) in [5.41, 5.74) is 1.66. The van der Waals surface area contributed by atoms with Crippen molar-refractivity contribution in [2.75, 3.05) is 20.2 Å². The lowest BCUT2D eigenvalue weighted by atomic mass is 9.72. The number of aliphatic hydroxyl groups excluding tert-OH is 1. The lowest BCUT2D eigenvalue weighted by Crippen LogP contribution is -2.55. The van der Waals surface area contributed by atoms with Crippen LogP contribution in [0.5, 0.6) is 5.75 Å². The second-order valence-electron chi connectivity index (χ2n) is 7.34. The van der Waals surface area contributed by atoms with Crippen molar-refractivity contribution in [1.82, 2.24) is 9.88 Å². The van der Waals surface area contributed by atoms with E-state index in [1.54, 1.807) is 13.3 Å². The summed E-state index contributed by atoms with van der Waals surface area (Å²) in [5, 5.41) is 12.6. The van der Waals surface area contributed by atoms with Crippen molar-refractivity contribution >= 4 is 22.5 Å². The van der Waals surface area contributed by atoms with Gasteiger partial charge in [-0.1, -0.05) is 24.9 Å². The zero-order valence-electron chi connectivity index (χ0n) is 14.8. The first-order valence-electron chi connectivity index (χ1n) is 9.17. The van der Waals surface area contributed by atoms with Gasteiger partial charge in [-0.05, 0) is 55.0 Å². The molecule has 1 N–H and O–H groups in total. The minimum atomic E-state index is -0.560. The van der Waals surface area contributed by atoms with Crippen LogP contribution in [0.3, 0.4) is 0 Å². The number of pyridine rings is 1. The Bertz CT molecular complexity index is 782. The average molecular weight is 361 g/mol. The van der Waals surface area contributed by atoms with Crippen LogP contribution < -0.4 is 4.74 Å². The van der Waals surface area contributed by atoms with Gasteiger partial charge in [0.1, 0.15) is 5.75 Å². The largest absolute Gasteiger partial charge is 0.495 e. The molecular formula is C20H25ClN2O2. The summed E-state index contributed by atoms with van der Waals surface area (Å²) in [6, 6.07) is 5.79. The van der Waals surface area contributed by atoms with E-state index in [1.165, 1.54) is 12.8 Å². The Labute approximate surface area is 153 Å². The fraction of sp³-hybridized carbons (Fsp3) is 0.550. The van der Waals surface area contributed by atoms with Crippen LogP contribution in [0.15, 0.2) is 24.4 Å². The van der Waals surface area contributed by atoms with E-state index in [1.807, 2.05) is 18.2 Å². The molecule has 5 atom stereocenters. The summed E-state index contributed by atoms with van der Waals surface area (Å²) in [5.74, 6) is 2.12. The quantitative estimate of drug-likeness (QED) is 0.893. The van der Waals surface area contributed by atoms with E-state index in [9.17, 15) is 5.11 Å². The second-order valence-corrected chi connectivity index (χ2v) is 7.71. The van der Waals surface area contributed by atoms with Crippen LogP contribution in [0.4, 0.5) is 0 Å². The van der Waals surface area contributed by atoms with Gasteiger partial charge in [0.15, 0.2) is 0 Å².